The fraction of sp³-hybridized carbons (Fsp3) is 0.250. The van der Waals surface area contributed by atoms with Gasteiger partial charge in [-0.15, -0.1) is 24.0 Å². The van der Waals surface area contributed by atoms with Crippen LogP contribution in [0.5, 0.6) is 0 Å². The van der Waals surface area contributed by atoms with Crippen molar-refractivity contribution in [1.82, 2.24) is 4.98 Å². The van der Waals surface area contributed by atoms with Crippen LogP contribution < -0.4 is 11.1 Å². The third kappa shape index (κ3) is 6.19. The molecule has 118 valence electrons. The number of aromatic nitrogens is 1. The molecular weight excluding hydrogens is 411 g/mol. The van der Waals surface area contributed by atoms with Gasteiger partial charge in [0.25, 0.3) is 0 Å². The van der Waals surface area contributed by atoms with Crippen LogP contribution in [-0.2, 0) is 12.8 Å². The maximum absolute atomic E-state index is 5.87. The van der Waals surface area contributed by atoms with Gasteiger partial charge in [0.15, 0.2) is 5.96 Å². The van der Waals surface area contributed by atoms with E-state index in [4.69, 9.17) is 17.3 Å². The molecule has 0 fully saturated rings. The van der Waals surface area contributed by atoms with Crippen molar-refractivity contribution in [2.75, 3.05) is 11.9 Å². The first-order chi connectivity index (χ1) is 10.2. The van der Waals surface area contributed by atoms with Crippen LogP contribution in [0.2, 0.25) is 5.15 Å². The van der Waals surface area contributed by atoms with Gasteiger partial charge in [-0.25, -0.2) is 4.98 Å². The molecule has 0 unspecified atom stereocenters. The highest BCUT2D eigenvalue weighted by atomic mass is 127. The number of rotatable bonds is 5. The molecule has 0 atom stereocenters. The van der Waals surface area contributed by atoms with Crippen molar-refractivity contribution in [2.24, 2.45) is 10.7 Å². The molecule has 0 aliphatic carbocycles. The number of anilines is 1. The number of guanidine groups is 1. The van der Waals surface area contributed by atoms with E-state index in [0.717, 1.165) is 24.1 Å². The zero-order valence-electron chi connectivity index (χ0n) is 12.4. The lowest BCUT2D eigenvalue weighted by molar-refractivity contribution is 0.955. The third-order valence-corrected chi connectivity index (χ3v) is 3.33. The maximum Gasteiger partial charge on any atom is 0.193 e. The van der Waals surface area contributed by atoms with Crippen molar-refractivity contribution >= 4 is 47.2 Å². The molecule has 0 spiro atoms. The molecule has 1 aromatic heterocycles. The van der Waals surface area contributed by atoms with Crippen LogP contribution in [0.4, 0.5) is 5.69 Å². The van der Waals surface area contributed by atoms with E-state index >= 15 is 0 Å². The Morgan fingerprint density at radius 2 is 1.86 bits per heavy atom. The number of halogens is 2. The number of aryl methyl sites for hydroxylation is 1. The Bertz CT molecular complexity index is 597. The van der Waals surface area contributed by atoms with E-state index in [2.05, 4.69) is 34.3 Å². The molecule has 0 bridgehead atoms. The quantitative estimate of drug-likeness (QED) is 0.327. The summed E-state index contributed by atoms with van der Waals surface area (Å²) in [5, 5.41) is 3.58. The van der Waals surface area contributed by atoms with E-state index in [0.29, 0.717) is 17.7 Å². The lowest BCUT2D eigenvalue weighted by Gasteiger charge is -2.06. The Kier molecular flexibility index (Phi) is 8.19. The van der Waals surface area contributed by atoms with Crippen LogP contribution in [0, 0.1) is 0 Å². The zero-order chi connectivity index (χ0) is 15.1. The number of nitrogens with zero attached hydrogens (tertiary/aromatic N) is 2. The normalized spacial score (nSPS) is 10.9. The molecular formula is C16H20ClIN4. The Hall–Kier alpha value is -1.34. The first-order valence-corrected chi connectivity index (χ1v) is 7.31. The first-order valence-electron chi connectivity index (χ1n) is 6.93. The van der Waals surface area contributed by atoms with Crippen LogP contribution in [0.15, 0.2) is 47.6 Å². The van der Waals surface area contributed by atoms with E-state index in [1.54, 1.807) is 12.3 Å². The van der Waals surface area contributed by atoms with Gasteiger partial charge in [0.2, 0.25) is 0 Å². The number of nitrogens with one attached hydrogen (secondary N) is 1. The molecule has 0 radical (unpaired) electrons. The van der Waals surface area contributed by atoms with Crippen molar-refractivity contribution in [3.63, 3.8) is 0 Å². The minimum atomic E-state index is 0. The predicted molar refractivity (Wildman–Crippen MR) is 104 cm³/mol. The Morgan fingerprint density at radius 1 is 1.18 bits per heavy atom. The summed E-state index contributed by atoms with van der Waals surface area (Å²) < 4.78 is 0. The minimum Gasteiger partial charge on any atom is -0.370 e. The van der Waals surface area contributed by atoms with Gasteiger partial charge in [-0.2, -0.15) is 0 Å². The van der Waals surface area contributed by atoms with Gasteiger partial charge in [-0.1, -0.05) is 36.7 Å². The van der Waals surface area contributed by atoms with Gasteiger partial charge < -0.3 is 11.1 Å². The number of hydrogen-bond donors (Lipinski definition) is 2. The van der Waals surface area contributed by atoms with Gasteiger partial charge in [0.05, 0.1) is 0 Å². The standard InChI is InChI=1S/C16H19ClN4.HI/c1-2-12-3-6-14(7-4-12)21-16(18)19-10-9-13-5-8-15(17)20-11-13;/h3-8,11H,2,9-10H2,1H3,(H3,18,19,21);1H. The largest absolute Gasteiger partial charge is 0.370 e. The smallest absolute Gasteiger partial charge is 0.193 e. The topological polar surface area (TPSA) is 63.3 Å². The summed E-state index contributed by atoms with van der Waals surface area (Å²) in [5.74, 6) is 0.418. The van der Waals surface area contributed by atoms with Gasteiger partial charge in [0.1, 0.15) is 5.15 Å². The van der Waals surface area contributed by atoms with Crippen LogP contribution in [-0.4, -0.2) is 17.5 Å². The van der Waals surface area contributed by atoms with Crippen molar-refractivity contribution in [2.45, 2.75) is 19.8 Å². The monoisotopic (exact) mass is 430 g/mol. The summed E-state index contributed by atoms with van der Waals surface area (Å²) >= 11 is 5.74. The zero-order valence-corrected chi connectivity index (χ0v) is 15.5. The molecule has 22 heavy (non-hydrogen) atoms. The molecule has 1 aromatic carbocycles. The molecule has 0 aliphatic rings. The summed E-state index contributed by atoms with van der Waals surface area (Å²) in [6, 6.07) is 11.9. The highest BCUT2D eigenvalue weighted by molar-refractivity contribution is 14.0. The molecule has 6 heteroatoms. The maximum atomic E-state index is 5.87. The molecule has 0 aliphatic heterocycles. The molecule has 0 saturated heterocycles. The molecule has 2 rings (SSSR count). The fourth-order valence-electron chi connectivity index (χ4n) is 1.87. The molecule has 0 saturated carbocycles. The summed E-state index contributed by atoms with van der Waals surface area (Å²) in [4.78, 5) is 8.33. The van der Waals surface area contributed by atoms with Crippen LogP contribution in [0.3, 0.4) is 0 Å². The number of benzene rings is 1. The van der Waals surface area contributed by atoms with Crippen LogP contribution in [0.25, 0.3) is 0 Å². The van der Waals surface area contributed by atoms with Gasteiger partial charge >= 0.3 is 0 Å². The third-order valence-electron chi connectivity index (χ3n) is 3.11. The lowest BCUT2D eigenvalue weighted by Crippen LogP contribution is -2.23. The molecule has 1 heterocycles. The van der Waals surface area contributed by atoms with Gasteiger partial charge in [-0.05, 0) is 42.2 Å². The van der Waals surface area contributed by atoms with E-state index in [1.807, 2.05) is 18.2 Å². The highest BCUT2D eigenvalue weighted by Crippen LogP contribution is 2.09. The number of pyridine rings is 1. The van der Waals surface area contributed by atoms with Crippen molar-refractivity contribution in [3.05, 3.63) is 58.9 Å². The minimum absolute atomic E-state index is 0. The molecule has 3 N–H and O–H groups in total. The first kappa shape index (κ1) is 18.7. The summed E-state index contributed by atoms with van der Waals surface area (Å²) in [7, 11) is 0. The van der Waals surface area contributed by atoms with E-state index < -0.39 is 0 Å². The number of hydrogen-bond acceptors (Lipinski definition) is 2. The van der Waals surface area contributed by atoms with Crippen molar-refractivity contribution in [3.8, 4) is 0 Å². The SMILES string of the molecule is CCc1ccc(NC(N)=NCCc2ccc(Cl)nc2)cc1.I. The summed E-state index contributed by atoms with van der Waals surface area (Å²) in [6.45, 7) is 2.74. The highest BCUT2D eigenvalue weighted by Gasteiger charge is 1.97. The van der Waals surface area contributed by atoms with E-state index in [1.165, 1.54) is 5.56 Å². The average Bonchev–Trinajstić information content (AvgIpc) is 2.50. The van der Waals surface area contributed by atoms with Gasteiger partial charge in [-0.3, -0.25) is 4.99 Å². The lowest BCUT2D eigenvalue weighted by atomic mass is 10.1. The second kappa shape index (κ2) is 9.63. The van der Waals surface area contributed by atoms with E-state index in [-0.39, 0.29) is 24.0 Å². The summed E-state index contributed by atoms with van der Waals surface area (Å²) in [6.07, 6.45) is 3.56. The Balaban J connectivity index is 0.00000242. The van der Waals surface area contributed by atoms with Crippen molar-refractivity contribution < 1.29 is 0 Å². The second-order valence-electron chi connectivity index (χ2n) is 4.68. The average molecular weight is 431 g/mol. The second-order valence-corrected chi connectivity index (χ2v) is 5.07. The van der Waals surface area contributed by atoms with Crippen LogP contribution in [0.1, 0.15) is 18.1 Å². The number of aliphatic imine (C=N–C) groups is 1. The van der Waals surface area contributed by atoms with Crippen molar-refractivity contribution in [1.29, 1.82) is 0 Å². The predicted octanol–water partition coefficient (Wildman–Crippen LogP) is 3.88. The molecule has 4 nitrogen and oxygen atoms in total. The van der Waals surface area contributed by atoms with Crippen LogP contribution >= 0.6 is 35.6 Å². The molecule has 2 aromatic rings. The van der Waals surface area contributed by atoms with E-state index in [9.17, 15) is 0 Å². The Morgan fingerprint density at radius 3 is 2.45 bits per heavy atom. The number of nitrogens with two attached hydrogens (primary N) is 1. The molecule has 0 amide bonds. The Labute approximate surface area is 153 Å². The fourth-order valence-corrected chi connectivity index (χ4v) is 1.98. The summed E-state index contributed by atoms with van der Waals surface area (Å²) in [5.41, 5.74) is 9.20. The van der Waals surface area contributed by atoms with Gasteiger partial charge in [0, 0.05) is 18.4 Å².